The van der Waals surface area contributed by atoms with Crippen LogP contribution in [0.3, 0.4) is 0 Å². The normalized spacial score (nSPS) is 15.3. The molecule has 2 rings (SSSR count). The van der Waals surface area contributed by atoms with Crippen molar-refractivity contribution < 1.29 is 4.39 Å². The molecule has 0 aliphatic heterocycles. The summed E-state index contributed by atoms with van der Waals surface area (Å²) in [5.41, 5.74) is 6.39. The van der Waals surface area contributed by atoms with Crippen LogP contribution in [-0.2, 0) is 6.54 Å². The molecule has 0 saturated heterocycles. The molecule has 0 heterocycles. The van der Waals surface area contributed by atoms with Crippen molar-refractivity contribution >= 4 is 29.9 Å². The maximum absolute atomic E-state index is 13.3. The van der Waals surface area contributed by atoms with E-state index in [1.54, 1.807) is 18.2 Å². The summed E-state index contributed by atoms with van der Waals surface area (Å²) in [6, 6.07) is 7.16. The second-order valence-electron chi connectivity index (χ2n) is 4.11. The topological polar surface area (TPSA) is 41.6 Å². The number of hydrogen-bond donors (Lipinski definition) is 1. The van der Waals surface area contributed by atoms with Crippen LogP contribution in [0, 0.1) is 5.82 Å². The number of nitrogens with zero attached hydrogens (tertiary/aromatic N) is 2. The van der Waals surface area contributed by atoms with E-state index >= 15 is 0 Å². The number of rotatable bonds is 3. The van der Waals surface area contributed by atoms with E-state index in [9.17, 15) is 4.39 Å². The number of benzene rings is 1. The third kappa shape index (κ3) is 3.83. The van der Waals surface area contributed by atoms with E-state index in [1.807, 2.05) is 11.9 Å². The van der Waals surface area contributed by atoms with Gasteiger partial charge in [0.25, 0.3) is 0 Å². The van der Waals surface area contributed by atoms with Crippen LogP contribution < -0.4 is 5.73 Å². The van der Waals surface area contributed by atoms with Crippen LogP contribution in [0.25, 0.3) is 0 Å². The SMILES string of the molecule is CN(C(N)=NCc1ccccc1F)C1CC1.I. The molecule has 17 heavy (non-hydrogen) atoms. The van der Waals surface area contributed by atoms with Crippen LogP contribution in [-0.4, -0.2) is 23.9 Å². The van der Waals surface area contributed by atoms with Crippen molar-refractivity contribution in [3.8, 4) is 0 Å². The fraction of sp³-hybridized carbons (Fsp3) is 0.417. The first-order valence-electron chi connectivity index (χ1n) is 5.44. The molecule has 2 N–H and O–H groups in total. The highest BCUT2D eigenvalue weighted by Gasteiger charge is 2.27. The number of aliphatic imine (C=N–C) groups is 1. The summed E-state index contributed by atoms with van der Waals surface area (Å²) in [7, 11) is 1.93. The molecule has 0 unspecified atom stereocenters. The molecule has 1 aliphatic carbocycles. The minimum Gasteiger partial charge on any atom is -0.370 e. The lowest BCUT2D eigenvalue weighted by Crippen LogP contribution is -2.35. The Kier molecular flexibility index (Phi) is 5.17. The first-order valence-corrected chi connectivity index (χ1v) is 5.44. The lowest BCUT2D eigenvalue weighted by atomic mass is 10.2. The number of nitrogens with two attached hydrogens (primary N) is 1. The lowest BCUT2D eigenvalue weighted by molar-refractivity contribution is 0.487. The monoisotopic (exact) mass is 349 g/mol. The Morgan fingerprint density at radius 3 is 2.71 bits per heavy atom. The van der Waals surface area contributed by atoms with E-state index in [-0.39, 0.29) is 29.8 Å². The van der Waals surface area contributed by atoms with Gasteiger partial charge in [-0.05, 0) is 18.9 Å². The molecule has 94 valence electrons. The Morgan fingerprint density at radius 2 is 2.12 bits per heavy atom. The number of guanidine groups is 1. The van der Waals surface area contributed by atoms with Gasteiger partial charge >= 0.3 is 0 Å². The highest BCUT2D eigenvalue weighted by atomic mass is 127. The third-order valence-corrected chi connectivity index (χ3v) is 2.83. The van der Waals surface area contributed by atoms with Gasteiger partial charge in [-0.15, -0.1) is 24.0 Å². The van der Waals surface area contributed by atoms with Crippen molar-refractivity contribution in [1.29, 1.82) is 0 Å². The molecule has 1 aromatic rings. The smallest absolute Gasteiger partial charge is 0.191 e. The maximum Gasteiger partial charge on any atom is 0.191 e. The van der Waals surface area contributed by atoms with Gasteiger partial charge in [0.15, 0.2) is 5.96 Å². The minimum atomic E-state index is -0.229. The van der Waals surface area contributed by atoms with Crippen LogP contribution in [0.2, 0.25) is 0 Å². The predicted molar refractivity (Wildman–Crippen MR) is 77.9 cm³/mol. The number of halogens is 2. The zero-order valence-corrected chi connectivity index (χ0v) is 12.1. The van der Waals surface area contributed by atoms with Crippen molar-refractivity contribution in [3.05, 3.63) is 35.6 Å². The molecule has 0 aromatic heterocycles. The van der Waals surface area contributed by atoms with Crippen LogP contribution in [0.4, 0.5) is 4.39 Å². The summed E-state index contributed by atoms with van der Waals surface area (Å²) in [6.07, 6.45) is 2.35. The minimum absolute atomic E-state index is 0. The highest BCUT2D eigenvalue weighted by molar-refractivity contribution is 14.0. The molecular formula is C12H17FIN3. The van der Waals surface area contributed by atoms with Gasteiger partial charge in [0.2, 0.25) is 0 Å². The van der Waals surface area contributed by atoms with Gasteiger partial charge < -0.3 is 10.6 Å². The molecule has 1 fully saturated rings. The van der Waals surface area contributed by atoms with Gasteiger partial charge in [0.1, 0.15) is 5.82 Å². The van der Waals surface area contributed by atoms with Gasteiger partial charge in [-0.1, -0.05) is 18.2 Å². The van der Waals surface area contributed by atoms with E-state index in [2.05, 4.69) is 4.99 Å². The van der Waals surface area contributed by atoms with Gasteiger partial charge in [0, 0.05) is 18.7 Å². The van der Waals surface area contributed by atoms with Gasteiger partial charge in [-0.2, -0.15) is 0 Å². The quantitative estimate of drug-likeness (QED) is 0.517. The summed E-state index contributed by atoms with van der Waals surface area (Å²) in [6.45, 7) is 0.301. The molecular weight excluding hydrogens is 332 g/mol. The van der Waals surface area contributed by atoms with Crippen LogP contribution in [0.1, 0.15) is 18.4 Å². The van der Waals surface area contributed by atoms with E-state index in [4.69, 9.17) is 5.73 Å². The van der Waals surface area contributed by atoms with Crippen molar-refractivity contribution in [3.63, 3.8) is 0 Å². The predicted octanol–water partition coefficient (Wildman–Crippen LogP) is 2.35. The molecule has 0 spiro atoms. The van der Waals surface area contributed by atoms with Gasteiger partial charge in [-0.3, -0.25) is 0 Å². The fourth-order valence-corrected chi connectivity index (χ4v) is 1.55. The molecule has 5 heteroatoms. The van der Waals surface area contributed by atoms with Gasteiger partial charge in [-0.25, -0.2) is 9.38 Å². The van der Waals surface area contributed by atoms with E-state index in [0.717, 1.165) is 0 Å². The van der Waals surface area contributed by atoms with Crippen molar-refractivity contribution in [2.24, 2.45) is 10.7 Å². The Morgan fingerprint density at radius 1 is 1.47 bits per heavy atom. The van der Waals surface area contributed by atoms with Crippen molar-refractivity contribution in [1.82, 2.24) is 4.90 Å². The Bertz CT molecular complexity index is 404. The average molecular weight is 349 g/mol. The summed E-state index contributed by atoms with van der Waals surface area (Å²) in [4.78, 5) is 6.16. The maximum atomic E-state index is 13.3. The summed E-state index contributed by atoms with van der Waals surface area (Å²) in [5.74, 6) is 0.263. The molecule has 0 radical (unpaired) electrons. The third-order valence-electron chi connectivity index (χ3n) is 2.83. The lowest BCUT2D eigenvalue weighted by Gasteiger charge is -2.16. The first kappa shape index (κ1) is 14.2. The van der Waals surface area contributed by atoms with Crippen LogP contribution >= 0.6 is 24.0 Å². The molecule has 0 amide bonds. The fourth-order valence-electron chi connectivity index (χ4n) is 1.55. The summed E-state index contributed by atoms with van der Waals surface area (Å²) < 4.78 is 13.3. The van der Waals surface area contributed by atoms with Crippen LogP contribution in [0.15, 0.2) is 29.3 Å². The second kappa shape index (κ2) is 6.18. The Hall–Kier alpha value is -0.850. The molecule has 0 atom stereocenters. The zero-order valence-electron chi connectivity index (χ0n) is 9.77. The number of hydrogen-bond acceptors (Lipinski definition) is 1. The van der Waals surface area contributed by atoms with E-state index < -0.39 is 0 Å². The molecule has 1 saturated carbocycles. The standard InChI is InChI=1S/C12H16FN3.HI/c1-16(10-6-7-10)12(14)15-8-9-4-2-3-5-11(9)13;/h2-5,10H,6-8H2,1H3,(H2,14,15);1H. The largest absolute Gasteiger partial charge is 0.370 e. The Labute approximate surface area is 118 Å². The van der Waals surface area contributed by atoms with Gasteiger partial charge in [0.05, 0.1) is 6.54 Å². The highest BCUT2D eigenvalue weighted by Crippen LogP contribution is 2.24. The molecule has 1 aromatic carbocycles. The molecule has 3 nitrogen and oxygen atoms in total. The Balaban J connectivity index is 0.00000144. The summed E-state index contributed by atoms with van der Waals surface area (Å²) in [5, 5.41) is 0. The molecule has 1 aliphatic rings. The van der Waals surface area contributed by atoms with Crippen LogP contribution in [0.5, 0.6) is 0 Å². The van der Waals surface area contributed by atoms with Crippen molar-refractivity contribution in [2.75, 3.05) is 7.05 Å². The van der Waals surface area contributed by atoms with E-state index in [0.29, 0.717) is 24.1 Å². The molecule has 0 bridgehead atoms. The average Bonchev–Trinajstić information content (AvgIpc) is 3.10. The van der Waals surface area contributed by atoms with E-state index in [1.165, 1.54) is 18.9 Å². The van der Waals surface area contributed by atoms with Crippen molar-refractivity contribution in [2.45, 2.75) is 25.4 Å². The summed E-state index contributed by atoms with van der Waals surface area (Å²) >= 11 is 0. The second-order valence-corrected chi connectivity index (χ2v) is 4.11. The first-order chi connectivity index (χ1) is 7.68. The zero-order chi connectivity index (χ0) is 11.5.